The SMILES string of the molecule is CN(C)CC(=O)NCCNc1nc(Nc2ccc(Cl)c(Cl)c2)ncc1C(F)(F)F. The smallest absolute Gasteiger partial charge is 0.368 e. The zero-order valence-corrected chi connectivity index (χ0v) is 17.1. The van der Waals surface area contributed by atoms with Crippen molar-refractivity contribution in [3.05, 3.63) is 40.0 Å². The van der Waals surface area contributed by atoms with E-state index in [2.05, 4.69) is 25.9 Å². The lowest BCUT2D eigenvalue weighted by atomic mass is 10.3. The second kappa shape index (κ2) is 9.95. The minimum absolute atomic E-state index is 0.0471. The van der Waals surface area contributed by atoms with Crippen LogP contribution in [0.1, 0.15) is 5.56 Å². The molecule has 0 saturated carbocycles. The Kier molecular flexibility index (Phi) is 7.88. The van der Waals surface area contributed by atoms with Gasteiger partial charge in [0.1, 0.15) is 11.4 Å². The van der Waals surface area contributed by atoms with E-state index in [1.165, 1.54) is 12.1 Å². The Morgan fingerprint density at radius 1 is 1.17 bits per heavy atom. The quantitative estimate of drug-likeness (QED) is 0.532. The highest BCUT2D eigenvalue weighted by Gasteiger charge is 2.35. The van der Waals surface area contributed by atoms with Crippen LogP contribution in [-0.4, -0.2) is 54.5 Å². The van der Waals surface area contributed by atoms with E-state index in [1.54, 1.807) is 25.1 Å². The molecule has 29 heavy (non-hydrogen) atoms. The van der Waals surface area contributed by atoms with Crippen LogP contribution in [0, 0.1) is 0 Å². The number of halogens is 5. The summed E-state index contributed by atoms with van der Waals surface area (Å²) in [6.45, 7) is 0.355. The Bertz CT molecular complexity index is 864. The van der Waals surface area contributed by atoms with E-state index in [9.17, 15) is 18.0 Å². The molecule has 0 bridgehead atoms. The molecule has 3 N–H and O–H groups in total. The van der Waals surface area contributed by atoms with Gasteiger partial charge in [0.25, 0.3) is 0 Å². The van der Waals surface area contributed by atoms with Gasteiger partial charge in [0.15, 0.2) is 0 Å². The van der Waals surface area contributed by atoms with E-state index in [0.717, 1.165) is 0 Å². The van der Waals surface area contributed by atoms with Crippen molar-refractivity contribution in [3.63, 3.8) is 0 Å². The van der Waals surface area contributed by atoms with Crippen molar-refractivity contribution in [3.8, 4) is 0 Å². The lowest BCUT2D eigenvalue weighted by molar-refractivity contribution is -0.137. The molecular weight excluding hydrogens is 432 g/mol. The third-order valence-corrected chi connectivity index (χ3v) is 4.21. The molecule has 0 fully saturated rings. The van der Waals surface area contributed by atoms with Crippen molar-refractivity contribution < 1.29 is 18.0 Å². The molecule has 7 nitrogen and oxygen atoms in total. The molecule has 0 aliphatic heterocycles. The molecule has 1 heterocycles. The number of nitrogens with zero attached hydrogens (tertiary/aromatic N) is 3. The molecule has 1 aromatic carbocycles. The van der Waals surface area contributed by atoms with Crippen molar-refractivity contribution in [2.45, 2.75) is 6.18 Å². The van der Waals surface area contributed by atoms with E-state index in [-0.39, 0.29) is 36.5 Å². The number of aromatic nitrogens is 2. The predicted octanol–water partition coefficient (Wildman–Crippen LogP) is 3.64. The second-order valence-corrected chi connectivity index (χ2v) is 7.04. The number of benzene rings is 1. The predicted molar refractivity (Wildman–Crippen MR) is 107 cm³/mol. The van der Waals surface area contributed by atoms with Crippen molar-refractivity contribution >= 4 is 46.6 Å². The van der Waals surface area contributed by atoms with E-state index in [0.29, 0.717) is 16.9 Å². The van der Waals surface area contributed by atoms with Gasteiger partial charge in [-0.1, -0.05) is 23.2 Å². The third-order valence-electron chi connectivity index (χ3n) is 3.47. The topological polar surface area (TPSA) is 82.2 Å². The maximum Gasteiger partial charge on any atom is 0.421 e. The molecule has 0 spiro atoms. The van der Waals surface area contributed by atoms with Crippen LogP contribution in [0.5, 0.6) is 0 Å². The monoisotopic (exact) mass is 450 g/mol. The van der Waals surface area contributed by atoms with Crippen LogP contribution < -0.4 is 16.0 Å². The summed E-state index contributed by atoms with van der Waals surface area (Å²) in [5, 5.41) is 8.57. The minimum Gasteiger partial charge on any atom is -0.368 e. The number of nitrogens with one attached hydrogen (secondary N) is 3. The highest BCUT2D eigenvalue weighted by atomic mass is 35.5. The summed E-state index contributed by atoms with van der Waals surface area (Å²) in [4.78, 5) is 20.9. The number of rotatable bonds is 8. The van der Waals surface area contributed by atoms with Crippen molar-refractivity contribution in [1.29, 1.82) is 0 Å². The molecule has 0 saturated heterocycles. The Morgan fingerprint density at radius 2 is 1.90 bits per heavy atom. The van der Waals surface area contributed by atoms with E-state index in [1.807, 2.05) is 0 Å². The first-order chi connectivity index (χ1) is 13.6. The van der Waals surface area contributed by atoms with Crippen molar-refractivity contribution in [1.82, 2.24) is 20.2 Å². The first-order valence-corrected chi connectivity index (χ1v) is 9.13. The molecule has 0 radical (unpaired) electrons. The van der Waals surface area contributed by atoms with Gasteiger partial charge in [0.2, 0.25) is 11.9 Å². The first kappa shape index (κ1) is 23.0. The van der Waals surface area contributed by atoms with Crippen LogP contribution in [0.2, 0.25) is 10.0 Å². The van der Waals surface area contributed by atoms with E-state index in [4.69, 9.17) is 23.2 Å². The molecular formula is C17H19Cl2F3N6O. The molecule has 1 aromatic heterocycles. The number of carbonyl (C=O) groups is 1. The summed E-state index contributed by atoms with van der Waals surface area (Å²) >= 11 is 11.8. The second-order valence-electron chi connectivity index (χ2n) is 6.22. The van der Waals surface area contributed by atoms with Gasteiger partial charge in [-0.05, 0) is 32.3 Å². The van der Waals surface area contributed by atoms with Gasteiger partial charge in [-0.25, -0.2) is 4.98 Å². The molecule has 0 aliphatic rings. The molecule has 0 aliphatic carbocycles. The van der Waals surface area contributed by atoms with Crippen LogP contribution in [0.4, 0.5) is 30.6 Å². The van der Waals surface area contributed by atoms with Gasteiger partial charge >= 0.3 is 6.18 Å². The van der Waals surface area contributed by atoms with Gasteiger partial charge in [-0.3, -0.25) is 4.79 Å². The number of carbonyl (C=O) groups excluding carboxylic acids is 1. The number of hydrogen-bond donors (Lipinski definition) is 3. The summed E-state index contributed by atoms with van der Waals surface area (Å²) in [5.41, 5.74) is -0.558. The highest BCUT2D eigenvalue weighted by Crippen LogP contribution is 2.34. The van der Waals surface area contributed by atoms with E-state index < -0.39 is 17.6 Å². The Hall–Kier alpha value is -2.30. The fourth-order valence-electron chi connectivity index (χ4n) is 2.21. The summed E-state index contributed by atoms with van der Waals surface area (Å²) < 4.78 is 39.7. The zero-order valence-electron chi connectivity index (χ0n) is 15.6. The fraction of sp³-hybridized carbons (Fsp3) is 0.353. The number of alkyl halides is 3. The molecule has 2 rings (SSSR count). The Balaban J connectivity index is 2.10. The maximum absolute atomic E-state index is 13.2. The van der Waals surface area contributed by atoms with Crippen LogP contribution >= 0.6 is 23.2 Å². The summed E-state index contributed by atoms with van der Waals surface area (Å²) in [7, 11) is 3.47. The standard InChI is InChI=1S/C17H19Cl2F3N6O/c1-28(2)9-14(29)23-5-6-24-15-11(17(20,21)22)8-25-16(27-15)26-10-3-4-12(18)13(19)7-10/h3-4,7-8H,5-6,9H2,1-2H3,(H,23,29)(H2,24,25,26,27). The molecule has 12 heteroatoms. The summed E-state index contributed by atoms with van der Waals surface area (Å²) in [6, 6.07) is 4.62. The summed E-state index contributed by atoms with van der Waals surface area (Å²) in [5.74, 6) is -0.704. The molecule has 2 aromatic rings. The van der Waals surface area contributed by atoms with Gasteiger partial charge in [0, 0.05) is 25.0 Å². The van der Waals surface area contributed by atoms with Crippen LogP contribution in [0.3, 0.4) is 0 Å². The molecule has 1 amide bonds. The van der Waals surface area contributed by atoms with Crippen LogP contribution in [0.25, 0.3) is 0 Å². The maximum atomic E-state index is 13.2. The number of likely N-dealkylation sites (N-methyl/N-ethyl adjacent to an activating group) is 1. The van der Waals surface area contributed by atoms with Crippen molar-refractivity contribution in [2.24, 2.45) is 0 Å². The average molecular weight is 451 g/mol. The Morgan fingerprint density at radius 3 is 2.52 bits per heavy atom. The number of hydrogen-bond acceptors (Lipinski definition) is 6. The van der Waals surface area contributed by atoms with Gasteiger partial charge < -0.3 is 20.9 Å². The van der Waals surface area contributed by atoms with Gasteiger partial charge in [-0.15, -0.1) is 0 Å². The number of amides is 1. The zero-order chi connectivity index (χ0) is 21.6. The molecule has 0 atom stereocenters. The summed E-state index contributed by atoms with van der Waals surface area (Å²) in [6.07, 6.45) is -3.96. The van der Waals surface area contributed by atoms with Crippen LogP contribution in [-0.2, 0) is 11.0 Å². The van der Waals surface area contributed by atoms with Gasteiger partial charge in [0.05, 0.1) is 16.6 Å². The largest absolute Gasteiger partial charge is 0.421 e. The lowest BCUT2D eigenvalue weighted by Gasteiger charge is -2.15. The first-order valence-electron chi connectivity index (χ1n) is 8.38. The molecule has 0 unspecified atom stereocenters. The normalized spacial score (nSPS) is 11.4. The third kappa shape index (κ3) is 7.22. The fourth-order valence-corrected chi connectivity index (χ4v) is 2.51. The Labute approximate surface area is 175 Å². The minimum atomic E-state index is -4.64. The van der Waals surface area contributed by atoms with E-state index >= 15 is 0 Å². The van der Waals surface area contributed by atoms with Crippen molar-refractivity contribution in [2.75, 3.05) is 44.4 Å². The molecule has 158 valence electrons. The average Bonchev–Trinajstić information content (AvgIpc) is 2.60. The van der Waals surface area contributed by atoms with Crippen LogP contribution in [0.15, 0.2) is 24.4 Å². The number of anilines is 3. The van der Waals surface area contributed by atoms with Gasteiger partial charge in [-0.2, -0.15) is 18.2 Å². The highest BCUT2D eigenvalue weighted by molar-refractivity contribution is 6.42. The lowest BCUT2D eigenvalue weighted by Crippen LogP contribution is -2.36.